The fraction of sp³-hybridized carbons (Fsp3) is 0.133. The quantitative estimate of drug-likeness (QED) is 0.858. The number of carbonyl (C=O) groups excluding carboxylic acids is 1. The Morgan fingerprint density at radius 1 is 1.24 bits per heavy atom. The van der Waals surface area contributed by atoms with Crippen molar-refractivity contribution in [3.63, 3.8) is 0 Å². The van der Waals surface area contributed by atoms with E-state index in [4.69, 9.17) is 11.6 Å². The molecule has 0 heterocycles. The minimum Gasteiger partial charge on any atom is -0.376 e. The Hall–Kier alpha value is -1.59. The Labute approximate surface area is 135 Å². The van der Waals surface area contributed by atoms with Crippen LogP contribution in [0.4, 0.5) is 15.8 Å². The first-order valence-electron chi connectivity index (χ1n) is 6.12. The fourth-order valence-electron chi connectivity index (χ4n) is 1.82. The van der Waals surface area contributed by atoms with Gasteiger partial charge in [-0.3, -0.25) is 4.79 Å². The largest absolute Gasteiger partial charge is 0.376 e. The highest BCUT2D eigenvalue weighted by atomic mass is 79.9. The first-order valence-corrected chi connectivity index (χ1v) is 7.29. The molecule has 0 aromatic heterocycles. The summed E-state index contributed by atoms with van der Waals surface area (Å²) in [4.78, 5) is 14.0. The van der Waals surface area contributed by atoms with Crippen molar-refractivity contribution >= 4 is 44.8 Å². The van der Waals surface area contributed by atoms with Crippen LogP contribution in [-0.2, 0) is 0 Å². The topological polar surface area (TPSA) is 32.3 Å². The number of rotatable bonds is 3. The lowest BCUT2D eigenvalue weighted by Crippen LogP contribution is -2.14. The lowest BCUT2D eigenvalue weighted by molar-refractivity contribution is 0.102. The molecule has 0 saturated carbocycles. The molecule has 110 valence electrons. The molecule has 6 heteroatoms. The molecule has 2 aromatic rings. The maximum atomic E-state index is 13.2. The van der Waals surface area contributed by atoms with E-state index in [0.717, 1.165) is 5.69 Å². The summed E-state index contributed by atoms with van der Waals surface area (Å²) in [6.07, 6.45) is 0. The Balaban J connectivity index is 2.24. The zero-order valence-electron chi connectivity index (χ0n) is 11.5. The molecule has 3 nitrogen and oxygen atoms in total. The minimum atomic E-state index is -0.468. The first-order chi connectivity index (χ1) is 9.88. The van der Waals surface area contributed by atoms with Gasteiger partial charge in [-0.15, -0.1) is 0 Å². The van der Waals surface area contributed by atoms with E-state index in [2.05, 4.69) is 21.2 Å². The van der Waals surface area contributed by atoms with Crippen LogP contribution in [0, 0.1) is 5.82 Å². The van der Waals surface area contributed by atoms with Crippen molar-refractivity contribution in [3.05, 3.63) is 57.3 Å². The maximum Gasteiger partial charge on any atom is 0.256 e. The number of nitrogens with one attached hydrogen (secondary N) is 1. The summed E-state index contributed by atoms with van der Waals surface area (Å²) in [7, 11) is 3.76. The summed E-state index contributed by atoms with van der Waals surface area (Å²) in [6, 6.07) is 9.15. The summed E-state index contributed by atoms with van der Waals surface area (Å²) >= 11 is 9.38. The predicted molar refractivity (Wildman–Crippen MR) is 87.8 cm³/mol. The molecule has 0 aliphatic heterocycles. The van der Waals surface area contributed by atoms with Gasteiger partial charge in [0.15, 0.2) is 0 Å². The number of hydrogen-bond donors (Lipinski definition) is 1. The van der Waals surface area contributed by atoms with Gasteiger partial charge in [0, 0.05) is 24.3 Å². The molecule has 21 heavy (non-hydrogen) atoms. The molecular formula is C15H13BrClFN2O. The molecule has 0 bridgehead atoms. The highest BCUT2D eigenvalue weighted by Crippen LogP contribution is 2.28. The van der Waals surface area contributed by atoms with Crippen LogP contribution in [0.2, 0.25) is 5.02 Å². The number of anilines is 2. The van der Waals surface area contributed by atoms with Crippen molar-refractivity contribution in [1.29, 1.82) is 0 Å². The average molecular weight is 372 g/mol. The third kappa shape index (κ3) is 3.74. The first kappa shape index (κ1) is 15.8. The standard InChI is InChI=1S/C15H13BrClFN2O/c1-20(2)14-6-4-10(8-13(14)17)19-15(21)11-7-9(18)3-5-12(11)16/h3-8H,1-2H3,(H,19,21). The molecule has 0 aliphatic carbocycles. The normalized spacial score (nSPS) is 10.3. The van der Waals surface area contributed by atoms with E-state index in [1.165, 1.54) is 18.2 Å². The van der Waals surface area contributed by atoms with Gasteiger partial charge in [-0.25, -0.2) is 4.39 Å². The third-order valence-corrected chi connectivity index (χ3v) is 3.85. The van der Waals surface area contributed by atoms with Crippen LogP contribution in [0.15, 0.2) is 40.9 Å². The van der Waals surface area contributed by atoms with Gasteiger partial charge in [0.25, 0.3) is 5.91 Å². The van der Waals surface area contributed by atoms with Crippen LogP contribution in [0.1, 0.15) is 10.4 Å². The lowest BCUT2D eigenvalue weighted by Gasteiger charge is -2.15. The van der Waals surface area contributed by atoms with E-state index in [1.54, 1.807) is 18.2 Å². The number of amides is 1. The van der Waals surface area contributed by atoms with Gasteiger partial charge in [-0.1, -0.05) is 11.6 Å². The number of halogens is 3. The highest BCUT2D eigenvalue weighted by molar-refractivity contribution is 9.10. The van der Waals surface area contributed by atoms with Gasteiger partial charge in [-0.05, 0) is 52.3 Å². The van der Waals surface area contributed by atoms with Crippen LogP contribution in [-0.4, -0.2) is 20.0 Å². The van der Waals surface area contributed by atoms with Gasteiger partial charge in [0.05, 0.1) is 16.3 Å². The molecule has 0 aliphatic rings. The number of hydrogen-bond acceptors (Lipinski definition) is 2. The van der Waals surface area contributed by atoms with Crippen molar-refractivity contribution in [1.82, 2.24) is 0 Å². The van der Waals surface area contributed by atoms with Crippen molar-refractivity contribution in [2.45, 2.75) is 0 Å². The van der Waals surface area contributed by atoms with Crippen LogP contribution < -0.4 is 10.2 Å². The van der Waals surface area contributed by atoms with E-state index >= 15 is 0 Å². The van der Waals surface area contributed by atoms with Crippen molar-refractivity contribution in [3.8, 4) is 0 Å². The van der Waals surface area contributed by atoms with Crippen LogP contribution >= 0.6 is 27.5 Å². The van der Waals surface area contributed by atoms with Crippen LogP contribution in [0.5, 0.6) is 0 Å². The fourth-order valence-corrected chi connectivity index (χ4v) is 2.59. The Morgan fingerprint density at radius 3 is 2.57 bits per heavy atom. The van der Waals surface area contributed by atoms with Crippen molar-refractivity contribution in [2.75, 3.05) is 24.3 Å². The summed E-state index contributed by atoms with van der Waals surface area (Å²) in [6.45, 7) is 0. The summed E-state index contributed by atoms with van der Waals surface area (Å²) in [5, 5.41) is 3.22. The van der Waals surface area contributed by atoms with Gasteiger partial charge in [-0.2, -0.15) is 0 Å². The van der Waals surface area contributed by atoms with Gasteiger partial charge >= 0.3 is 0 Å². The molecule has 2 aromatic carbocycles. The average Bonchev–Trinajstić information content (AvgIpc) is 2.41. The SMILES string of the molecule is CN(C)c1ccc(NC(=O)c2cc(F)ccc2Br)cc1Cl. The van der Waals surface area contributed by atoms with Gasteiger partial charge < -0.3 is 10.2 Å². The second kappa shape index (κ2) is 6.45. The zero-order chi connectivity index (χ0) is 15.6. The molecule has 1 amide bonds. The van der Waals surface area contributed by atoms with E-state index in [-0.39, 0.29) is 5.56 Å². The Kier molecular flexibility index (Phi) is 4.85. The lowest BCUT2D eigenvalue weighted by atomic mass is 10.2. The molecule has 1 N–H and O–H groups in total. The minimum absolute atomic E-state index is 0.225. The third-order valence-electron chi connectivity index (χ3n) is 2.86. The predicted octanol–water partition coefficient (Wildman–Crippen LogP) is 4.56. The van der Waals surface area contributed by atoms with E-state index in [0.29, 0.717) is 15.2 Å². The van der Waals surface area contributed by atoms with E-state index in [9.17, 15) is 9.18 Å². The number of carbonyl (C=O) groups is 1. The summed E-state index contributed by atoms with van der Waals surface area (Å²) < 4.78 is 13.8. The van der Waals surface area contributed by atoms with Crippen LogP contribution in [0.25, 0.3) is 0 Å². The van der Waals surface area contributed by atoms with Crippen molar-refractivity contribution in [2.24, 2.45) is 0 Å². The van der Waals surface area contributed by atoms with Gasteiger partial charge in [0.1, 0.15) is 5.82 Å². The zero-order valence-corrected chi connectivity index (χ0v) is 13.8. The molecule has 0 radical (unpaired) electrons. The number of nitrogens with zero attached hydrogens (tertiary/aromatic N) is 1. The molecule has 0 atom stereocenters. The molecule has 0 fully saturated rings. The van der Waals surface area contributed by atoms with E-state index in [1.807, 2.05) is 19.0 Å². The highest BCUT2D eigenvalue weighted by Gasteiger charge is 2.12. The Bertz CT molecular complexity index is 691. The second-order valence-corrected chi connectivity index (χ2v) is 5.90. The van der Waals surface area contributed by atoms with E-state index < -0.39 is 11.7 Å². The molecular weight excluding hydrogens is 359 g/mol. The summed E-state index contributed by atoms with van der Waals surface area (Å²) in [5.74, 6) is -0.876. The molecule has 0 spiro atoms. The Morgan fingerprint density at radius 2 is 1.95 bits per heavy atom. The van der Waals surface area contributed by atoms with Gasteiger partial charge in [0.2, 0.25) is 0 Å². The number of benzene rings is 2. The second-order valence-electron chi connectivity index (χ2n) is 4.64. The monoisotopic (exact) mass is 370 g/mol. The van der Waals surface area contributed by atoms with Crippen molar-refractivity contribution < 1.29 is 9.18 Å². The smallest absolute Gasteiger partial charge is 0.256 e. The maximum absolute atomic E-state index is 13.2. The van der Waals surface area contributed by atoms with Crippen LogP contribution in [0.3, 0.4) is 0 Å². The molecule has 0 unspecified atom stereocenters. The summed E-state index contributed by atoms with van der Waals surface area (Å²) in [5.41, 5.74) is 1.62. The molecule has 0 saturated heterocycles. The molecule has 2 rings (SSSR count).